The molecule has 0 N–H and O–H groups in total. The summed E-state index contributed by atoms with van der Waals surface area (Å²) in [5.41, 5.74) is 1.66. The molecule has 4 nitrogen and oxygen atoms in total. The van der Waals surface area contributed by atoms with Crippen LogP contribution in [0.15, 0.2) is 16.7 Å². The smallest absolute Gasteiger partial charge is 0.160 e. The zero-order valence-electron chi connectivity index (χ0n) is 10.8. The third kappa shape index (κ3) is 3.35. The molecule has 0 fully saturated rings. The van der Waals surface area contributed by atoms with Gasteiger partial charge in [0, 0.05) is 39.5 Å². The van der Waals surface area contributed by atoms with E-state index in [1.54, 1.807) is 12.5 Å². The van der Waals surface area contributed by atoms with Gasteiger partial charge in [0.1, 0.15) is 11.3 Å². The number of hydrogen-bond acceptors (Lipinski definition) is 3. The van der Waals surface area contributed by atoms with Gasteiger partial charge in [-0.2, -0.15) is 0 Å². The van der Waals surface area contributed by atoms with E-state index in [0.717, 1.165) is 27.9 Å². The minimum absolute atomic E-state index is 0.177. The normalized spacial score (nSPS) is 14.7. The van der Waals surface area contributed by atoms with E-state index in [4.69, 9.17) is 11.6 Å². The Morgan fingerprint density at radius 1 is 1.58 bits per heavy atom. The van der Waals surface area contributed by atoms with Gasteiger partial charge in [0.05, 0.1) is 5.88 Å². The predicted molar refractivity (Wildman–Crippen MR) is 83.0 cm³/mol. The largest absolute Gasteiger partial charge is 0.309 e. The van der Waals surface area contributed by atoms with Gasteiger partial charge in [-0.25, -0.2) is 9.97 Å². The van der Waals surface area contributed by atoms with Crippen LogP contribution in [0.25, 0.3) is 11.2 Å². The highest BCUT2D eigenvalue weighted by Crippen LogP contribution is 2.24. The molecule has 0 aliphatic rings. The van der Waals surface area contributed by atoms with Crippen LogP contribution in [0.5, 0.6) is 0 Å². The number of alkyl halides is 1. The van der Waals surface area contributed by atoms with Crippen LogP contribution < -0.4 is 0 Å². The third-order valence-corrected chi connectivity index (χ3v) is 4.44. The summed E-state index contributed by atoms with van der Waals surface area (Å²) >= 11 is 9.36. The molecule has 0 aromatic carbocycles. The number of nitrogens with zero attached hydrogens (tertiary/aromatic N) is 3. The Morgan fingerprint density at radius 3 is 2.95 bits per heavy atom. The molecule has 0 spiro atoms. The van der Waals surface area contributed by atoms with Crippen LogP contribution >= 0.6 is 27.5 Å². The van der Waals surface area contributed by atoms with Gasteiger partial charge in [0.25, 0.3) is 0 Å². The number of imidazole rings is 1. The third-order valence-electron chi connectivity index (χ3n) is 2.95. The van der Waals surface area contributed by atoms with E-state index >= 15 is 0 Å². The second-order valence-corrected chi connectivity index (χ2v) is 7.18. The minimum atomic E-state index is -0.788. The molecule has 2 unspecified atom stereocenters. The summed E-state index contributed by atoms with van der Waals surface area (Å²) in [6.07, 6.45) is 4.29. The maximum Gasteiger partial charge on any atom is 0.160 e. The van der Waals surface area contributed by atoms with Gasteiger partial charge in [-0.05, 0) is 35.3 Å². The maximum atomic E-state index is 11.2. The first-order valence-electron chi connectivity index (χ1n) is 5.91. The van der Waals surface area contributed by atoms with Gasteiger partial charge >= 0.3 is 0 Å². The van der Waals surface area contributed by atoms with E-state index in [1.165, 1.54) is 0 Å². The van der Waals surface area contributed by atoms with E-state index < -0.39 is 10.8 Å². The average Bonchev–Trinajstić information content (AvgIpc) is 2.73. The molecule has 2 heterocycles. The number of pyridine rings is 1. The molecule has 2 rings (SSSR count). The highest BCUT2D eigenvalue weighted by Gasteiger charge is 2.16. The molecule has 0 aliphatic heterocycles. The maximum absolute atomic E-state index is 11.2. The van der Waals surface area contributed by atoms with E-state index in [-0.39, 0.29) is 6.04 Å². The molecule has 0 amide bonds. The molecule has 0 aliphatic carbocycles. The number of aromatic nitrogens is 3. The number of halogens is 2. The Balaban J connectivity index is 2.42. The monoisotopic (exact) mass is 363 g/mol. The number of hydrogen-bond donors (Lipinski definition) is 0. The Morgan fingerprint density at radius 2 is 2.32 bits per heavy atom. The highest BCUT2D eigenvalue weighted by atomic mass is 79.9. The first kappa shape index (κ1) is 14.9. The molecule has 19 heavy (non-hydrogen) atoms. The van der Waals surface area contributed by atoms with Gasteiger partial charge in [-0.3, -0.25) is 4.21 Å². The fourth-order valence-corrected chi connectivity index (χ4v) is 3.21. The Kier molecular flexibility index (Phi) is 4.97. The molecule has 2 aromatic heterocycles. The summed E-state index contributed by atoms with van der Waals surface area (Å²) in [5, 5.41) is 0. The number of rotatable bonds is 5. The molecule has 2 atom stereocenters. The zero-order valence-corrected chi connectivity index (χ0v) is 13.9. The van der Waals surface area contributed by atoms with Crippen molar-refractivity contribution in [3.05, 3.63) is 22.6 Å². The topological polar surface area (TPSA) is 47.8 Å². The van der Waals surface area contributed by atoms with Crippen molar-refractivity contribution in [3.8, 4) is 0 Å². The lowest BCUT2D eigenvalue weighted by Crippen LogP contribution is -2.12. The SMILES string of the molecule is CC(CCS(C)=O)n1c(CCl)nc2cc(Br)cnc21. The van der Waals surface area contributed by atoms with Crippen molar-refractivity contribution in [2.24, 2.45) is 0 Å². The summed E-state index contributed by atoms with van der Waals surface area (Å²) in [4.78, 5) is 8.92. The second kappa shape index (κ2) is 6.33. The van der Waals surface area contributed by atoms with Crippen LogP contribution in [0, 0.1) is 0 Å². The van der Waals surface area contributed by atoms with Crippen LogP contribution in [-0.4, -0.2) is 30.8 Å². The van der Waals surface area contributed by atoms with Crippen molar-refractivity contribution in [1.29, 1.82) is 0 Å². The van der Waals surface area contributed by atoms with Crippen LogP contribution in [0.2, 0.25) is 0 Å². The standard InChI is InChI=1S/C12H15BrClN3OS/c1-8(3-4-19(2)18)17-11(6-14)16-10-5-9(13)7-15-12(10)17/h5,7-8H,3-4,6H2,1-2H3. The summed E-state index contributed by atoms with van der Waals surface area (Å²) in [6, 6.07) is 2.11. The minimum Gasteiger partial charge on any atom is -0.309 e. The van der Waals surface area contributed by atoms with Crippen molar-refractivity contribution in [2.45, 2.75) is 25.3 Å². The Labute approximate surface area is 128 Å². The van der Waals surface area contributed by atoms with Crippen molar-refractivity contribution >= 4 is 49.5 Å². The quantitative estimate of drug-likeness (QED) is 0.765. The molecule has 2 aromatic rings. The predicted octanol–water partition coefficient (Wildman–Crippen LogP) is 3.26. The average molecular weight is 365 g/mol. The Bertz CT molecular complexity index is 616. The van der Waals surface area contributed by atoms with Gasteiger partial charge in [-0.1, -0.05) is 0 Å². The molecule has 0 bridgehead atoms. The lowest BCUT2D eigenvalue weighted by Gasteiger charge is -2.15. The van der Waals surface area contributed by atoms with E-state index in [0.29, 0.717) is 11.6 Å². The van der Waals surface area contributed by atoms with Crippen LogP contribution in [0.4, 0.5) is 0 Å². The second-order valence-electron chi connectivity index (χ2n) is 4.44. The van der Waals surface area contributed by atoms with Gasteiger partial charge in [-0.15, -0.1) is 11.6 Å². The van der Waals surface area contributed by atoms with Crippen LogP contribution in [0.3, 0.4) is 0 Å². The van der Waals surface area contributed by atoms with Gasteiger partial charge < -0.3 is 4.57 Å². The van der Waals surface area contributed by atoms with Crippen molar-refractivity contribution in [3.63, 3.8) is 0 Å². The molecule has 0 saturated heterocycles. The fourth-order valence-electron chi connectivity index (χ4n) is 2.03. The van der Waals surface area contributed by atoms with Crippen molar-refractivity contribution in [2.75, 3.05) is 12.0 Å². The summed E-state index contributed by atoms with van der Waals surface area (Å²) in [7, 11) is -0.788. The number of fused-ring (bicyclic) bond motifs is 1. The Hall–Kier alpha value is -0.460. The first-order valence-corrected chi connectivity index (χ1v) is 8.96. The fraction of sp³-hybridized carbons (Fsp3) is 0.500. The van der Waals surface area contributed by atoms with Crippen LogP contribution in [-0.2, 0) is 16.7 Å². The van der Waals surface area contributed by atoms with E-state index in [1.807, 2.05) is 10.6 Å². The first-order chi connectivity index (χ1) is 9.02. The summed E-state index contributed by atoms with van der Waals surface area (Å²) < 4.78 is 14.2. The van der Waals surface area contributed by atoms with Crippen LogP contribution in [0.1, 0.15) is 25.2 Å². The van der Waals surface area contributed by atoms with Crippen molar-refractivity contribution in [1.82, 2.24) is 14.5 Å². The summed E-state index contributed by atoms with van der Waals surface area (Å²) in [5.74, 6) is 1.81. The summed E-state index contributed by atoms with van der Waals surface area (Å²) in [6.45, 7) is 2.08. The molecule has 0 saturated carbocycles. The van der Waals surface area contributed by atoms with E-state index in [2.05, 4.69) is 32.8 Å². The lowest BCUT2D eigenvalue weighted by molar-refractivity contribution is 0.527. The molecule has 0 radical (unpaired) electrons. The van der Waals surface area contributed by atoms with Gasteiger partial charge in [0.2, 0.25) is 0 Å². The molecular formula is C12H15BrClN3OS. The molecular weight excluding hydrogens is 350 g/mol. The molecule has 104 valence electrons. The van der Waals surface area contributed by atoms with E-state index in [9.17, 15) is 4.21 Å². The lowest BCUT2D eigenvalue weighted by atomic mass is 10.2. The van der Waals surface area contributed by atoms with Crippen molar-refractivity contribution < 1.29 is 4.21 Å². The highest BCUT2D eigenvalue weighted by molar-refractivity contribution is 9.10. The molecule has 7 heteroatoms. The zero-order chi connectivity index (χ0) is 14.0. The van der Waals surface area contributed by atoms with Gasteiger partial charge in [0.15, 0.2) is 5.65 Å².